The zero-order valence-corrected chi connectivity index (χ0v) is 12.3. The van der Waals surface area contributed by atoms with Gasteiger partial charge in [-0.25, -0.2) is 4.79 Å². The number of aliphatic carboxylic acids is 1. The van der Waals surface area contributed by atoms with E-state index in [1.165, 1.54) is 0 Å². The minimum Gasteiger partial charge on any atom is -0.481 e. The van der Waals surface area contributed by atoms with E-state index in [0.29, 0.717) is 12.5 Å². The number of carbonyl (C=O) groups is 3. The van der Waals surface area contributed by atoms with Crippen LogP contribution in [0, 0.1) is 11.8 Å². The molecule has 5 N–H and O–H groups in total. The molecule has 0 spiro atoms. The smallest absolute Gasteiger partial charge is 0.315 e. The van der Waals surface area contributed by atoms with Gasteiger partial charge in [-0.05, 0) is 25.2 Å². The van der Waals surface area contributed by atoms with Crippen LogP contribution in [0.25, 0.3) is 0 Å². The van der Waals surface area contributed by atoms with Crippen molar-refractivity contribution >= 4 is 17.9 Å². The van der Waals surface area contributed by atoms with Crippen molar-refractivity contribution in [2.45, 2.75) is 46.1 Å². The standard InChI is InChI=1S/C13H25N3O4/c1-8(2)4-10(6-12(18)19)7-15-13(20)16-9(3)5-11(14)17/h8-10H,4-7H2,1-3H3,(H2,14,17)(H,18,19)(H2,15,16,20)/t9?,10-/m0/s1. The van der Waals surface area contributed by atoms with Gasteiger partial charge in [0.05, 0.1) is 0 Å². The van der Waals surface area contributed by atoms with Gasteiger partial charge in [-0.3, -0.25) is 9.59 Å². The maximum absolute atomic E-state index is 11.6. The number of amides is 3. The number of carboxylic acid groups (broad SMARTS) is 1. The van der Waals surface area contributed by atoms with Gasteiger partial charge in [0.25, 0.3) is 0 Å². The molecule has 0 aromatic heterocycles. The van der Waals surface area contributed by atoms with Crippen LogP contribution in [0.3, 0.4) is 0 Å². The minimum absolute atomic E-state index is 0.0231. The van der Waals surface area contributed by atoms with Gasteiger partial charge in [0.15, 0.2) is 0 Å². The van der Waals surface area contributed by atoms with E-state index >= 15 is 0 Å². The maximum atomic E-state index is 11.6. The van der Waals surface area contributed by atoms with E-state index in [9.17, 15) is 14.4 Å². The fraction of sp³-hybridized carbons (Fsp3) is 0.769. The van der Waals surface area contributed by atoms with E-state index in [1.807, 2.05) is 13.8 Å². The highest BCUT2D eigenvalue weighted by Crippen LogP contribution is 2.14. The van der Waals surface area contributed by atoms with Gasteiger partial charge in [0.1, 0.15) is 0 Å². The number of carbonyl (C=O) groups excluding carboxylic acids is 2. The molecule has 20 heavy (non-hydrogen) atoms. The Morgan fingerprint density at radius 3 is 2.20 bits per heavy atom. The summed E-state index contributed by atoms with van der Waals surface area (Å²) in [5.41, 5.74) is 5.03. The van der Waals surface area contributed by atoms with Gasteiger partial charge in [0.2, 0.25) is 5.91 Å². The number of rotatable bonds is 9. The first kappa shape index (κ1) is 18.2. The molecule has 0 aliphatic rings. The van der Waals surface area contributed by atoms with Gasteiger partial charge in [-0.15, -0.1) is 0 Å². The number of carboxylic acids is 1. The molecular weight excluding hydrogens is 262 g/mol. The van der Waals surface area contributed by atoms with E-state index < -0.39 is 17.9 Å². The minimum atomic E-state index is -0.875. The van der Waals surface area contributed by atoms with Crippen LogP contribution in [0.2, 0.25) is 0 Å². The van der Waals surface area contributed by atoms with E-state index in [1.54, 1.807) is 6.92 Å². The maximum Gasteiger partial charge on any atom is 0.315 e. The second-order valence-electron chi connectivity index (χ2n) is 5.52. The fourth-order valence-corrected chi connectivity index (χ4v) is 2.02. The first-order valence-corrected chi connectivity index (χ1v) is 6.75. The number of primary amides is 1. The van der Waals surface area contributed by atoms with E-state index in [4.69, 9.17) is 10.8 Å². The quantitative estimate of drug-likeness (QED) is 0.498. The van der Waals surface area contributed by atoms with Crippen LogP contribution in [-0.2, 0) is 9.59 Å². The van der Waals surface area contributed by atoms with E-state index in [-0.39, 0.29) is 24.8 Å². The molecule has 116 valence electrons. The van der Waals surface area contributed by atoms with Crippen LogP contribution in [0.4, 0.5) is 4.79 Å². The Balaban J connectivity index is 4.15. The first-order chi connectivity index (χ1) is 9.20. The first-order valence-electron chi connectivity index (χ1n) is 6.75. The summed E-state index contributed by atoms with van der Waals surface area (Å²) >= 11 is 0. The van der Waals surface area contributed by atoms with Crippen LogP contribution in [-0.4, -0.2) is 35.6 Å². The molecule has 0 aromatic rings. The van der Waals surface area contributed by atoms with E-state index in [0.717, 1.165) is 6.42 Å². The summed E-state index contributed by atoms with van der Waals surface area (Å²) in [5.74, 6) is -1.11. The number of hydrogen-bond acceptors (Lipinski definition) is 3. The molecule has 0 saturated carbocycles. The molecule has 0 aliphatic heterocycles. The molecule has 7 nitrogen and oxygen atoms in total. The van der Waals surface area contributed by atoms with Crippen molar-refractivity contribution in [1.82, 2.24) is 10.6 Å². The van der Waals surface area contributed by atoms with Crippen molar-refractivity contribution in [2.75, 3.05) is 6.54 Å². The molecule has 1 unspecified atom stereocenters. The second-order valence-corrected chi connectivity index (χ2v) is 5.52. The lowest BCUT2D eigenvalue weighted by Crippen LogP contribution is -2.44. The highest BCUT2D eigenvalue weighted by molar-refractivity contribution is 5.77. The summed E-state index contributed by atoms with van der Waals surface area (Å²) in [4.78, 5) is 33.0. The Bertz CT molecular complexity index is 345. The number of nitrogens with one attached hydrogen (secondary N) is 2. The van der Waals surface area contributed by atoms with Crippen molar-refractivity contribution < 1.29 is 19.5 Å². The predicted molar refractivity (Wildman–Crippen MR) is 75.0 cm³/mol. The van der Waals surface area contributed by atoms with Crippen LogP contribution in [0.5, 0.6) is 0 Å². The highest BCUT2D eigenvalue weighted by atomic mass is 16.4. The fourth-order valence-electron chi connectivity index (χ4n) is 2.02. The van der Waals surface area contributed by atoms with Gasteiger partial charge in [-0.1, -0.05) is 13.8 Å². The molecule has 0 radical (unpaired) electrons. The molecule has 0 aliphatic carbocycles. The van der Waals surface area contributed by atoms with Crippen molar-refractivity contribution in [2.24, 2.45) is 17.6 Å². The Kier molecular flexibility index (Phi) is 8.35. The van der Waals surface area contributed by atoms with Gasteiger partial charge >= 0.3 is 12.0 Å². The molecule has 7 heteroatoms. The van der Waals surface area contributed by atoms with Crippen molar-refractivity contribution in [3.8, 4) is 0 Å². The van der Waals surface area contributed by atoms with Crippen LogP contribution in [0.1, 0.15) is 40.0 Å². The summed E-state index contributed by atoms with van der Waals surface area (Å²) in [6.45, 7) is 5.97. The molecular formula is C13H25N3O4. The number of nitrogens with two attached hydrogens (primary N) is 1. The van der Waals surface area contributed by atoms with Crippen molar-refractivity contribution in [1.29, 1.82) is 0 Å². The molecule has 0 heterocycles. The lowest BCUT2D eigenvalue weighted by Gasteiger charge is -2.19. The Morgan fingerprint density at radius 2 is 1.75 bits per heavy atom. The third-order valence-corrected chi connectivity index (χ3v) is 2.70. The van der Waals surface area contributed by atoms with Gasteiger partial charge in [-0.2, -0.15) is 0 Å². The summed E-state index contributed by atoms with van der Waals surface area (Å²) in [7, 11) is 0. The normalized spacial score (nSPS) is 13.6. The Hall–Kier alpha value is -1.79. The summed E-state index contributed by atoms with van der Waals surface area (Å²) in [6.07, 6.45) is 0.816. The number of urea groups is 1. The van der Waals surface area contributed by atoms with Gasteiger partial charge < -0.3 is 21.5 Å². The second kappa shape index (κ2) is 9.17. The Labute approximate surface area is 119 Å². The largest absolute Gasteiger partial charge is 0.481 e. The third-order valence-electron chi connectivity index (χ3n) is 2.70. The predicted octanol–water partition coefficient (Wildman–Crippen LogP) is 0.687. The van der Waals surface area contributed by atoms with E-state index in [2.05, 4.69) is 10.6 Å². The molecule has 3 amide bonds. The lowest BCUT2D eigenvalue weighted by atomic mass is 9.94. The molecule has 0 rings (SSSR count). The molecule has 2 atom stereocenters. The summed E-state index contributed by atoms with van der Waals surface area (Å²) in [6, 6.07) is -0.770. The monoisotopic (exact) mass is 287 g/mol. The third kappa shape index (κ3) is 10.2. The lowest BCUT2D eigenvalue weighted by molar-refractivity contribution is -0.138. The molecule has 0 fully saturated rings. The SMILES string of the molecule is CC(C)C[C@H](CNC(=O)NC(C)CC(N)=O)CC(=O)O. The molecule has 0 bridgehead atoms. The van der Waals surface area contributed by atoms with Crippen molar-refractivity contribution in [3.05, 3.63) is 0 Å². The van der Waals surface area contributed by atoms with Crippen LogP contribution < -0.4 is 16.4 Å². The zero-order valence-electron chi connectivity index (χ0n) is 12.3. The summed E-state index contributed by atoms with van der Waals surface area (Å²) < 4.78 is 0. The van der Waals surface area contributed by atoms with Crippen molar-refractivity contribution in [3.63, 3.8) is 0 Å². The van der Waals surface area contributed by atoms with Crippen LogP contribution in [0.15, 0.2) is 0 Å². The summed E-state index contributed by atoms with van der Waals surface area (Å²) in [5, 5.41) is 14.0. The topological polar surface area (TPSA) is 122 Å². The Morgan fingerprint density at radius 1 is 1.15 bits per heavy atom. The average molecular weight is 287 g/mol. The zero-order chi connectivity index (χ0) is 15.7. The number of hydrogen-bond donors (Lipinski definition) is 4. The average Bonchev–Trinajstić information content (AvgIpc) is 2.22. The molecule has 0 aromatic carbocycles. The van der Waals surface area contributed by atoms with Crippen LogP contribution >= 0.6 is 0 Å². The van der Waals surface area contributed by atoms with Gasteiger partial charge in [0, 0.05) is 25.4 Å². The molecule has 0 saturated heterocycles. The highest BCUT2D eigenvalue weighted by Gasteiger charge is 2.17.